The summed E-state index contributed by atoms with van der Waals surface area (Å²) in [6.45, 7) is 1.80. The van der Waals surface area contributed by atoms with E-state index in [1.165, 1.54) is 22.6 Å². The first kappa shape index (κ1) is 23.8. The van der Waals surface area contributed by atoms with Crippen LogP contribution in [0.25, 0.3) is 20.8 Å². The lowest BCUT2D eigenvalue weighted by Crippen LogP contribution is -2.25. The van der Waals surface area contributed by atoms with E-state index in [0.29, 0.717) is 5.56 Å². The number of likely N-dealkylation sites (N-methyl/N-ethyl adjacent to an activating group) is 1. The number of sulfone groups is 1. The Kier molecular flexibility index (Phi) is 6.61. The summed E-state index contributed by atoms with van der Waals surface area (Å²) >= 11 is 3.23. The average Bonchev–Trinajstić information content (AvgIpc) is 3.33. The lowest BCUT2D eigenvalue weighted by atomic mass is 10.0. The van der Waals surface area contributed by atoms with E-state index in [2.05, 4.69) is 23.3 Å². The predicted molar refractivity (Wildman–Crippen MR) is 138 cm³/mol. The fourth-order valence-electron chi connectivity index (χ4n) is 3.85. The number of carbonyl (C=O) groups excluding carboxylic acids is 1. The van der Waals surface area contributed by atoms with Crippen molar-refractivity contribution in [2.75, 3.05) is 25.2 Å². The maximum absolute atomic E-state index is 13.0. The third-order valence-corrected chi connectivity index (χ3v) is 8.84. The van der Waals surface area contributed by atoms with E-state index in [4.69, 9.17) is 4.98 Å². The van der Waals surface area contributed by atoms with Crippen LogP contribution < -0.4 is 5.32 Å². The summed E-state index contributed by atoms with van der Waals surface area (Å²) in [6.07, 6.45) is 2.06. The first-order chi connectivity index (χ1) is 15.3. The molecular formula is C23H22ClN3O3S3. The second-order valence-corrected chi connectivity index (χ2v) is 12.1. The molecule has 0 atom stereocenters. The van der Waals surface area contributed by atoms with Gasteiger partial charge in [0, 0.05) is 35.3 Å². The highest BCUT2D eigenvalue weighted by atomic mass is 35.5. The van der Waals surface area contributed by atoms with Gasteiger partial charge < -0.3 is 10.2 Å². The number of para-hydroxylation sites is 1. The minimum Gasteiger partial charge on any atom is -0.313 e. The molecule has 3 heterocycles. The van der Waals surface area contributed by atoms with Crippen molar-refractivity contribution in [3.05, 3.63) is 64.5 Å². The molecule has 0 fully saturated rings. The summed E-state index contributed by atoms with van der Waals surface area (Å²) in [7, 11) is -1.21. The van der Waals surface area contributed by atoms with E-state index >= 15 is 0 Å². The summed E-state index contributed by atoms with van der Waals surface area (Å²) in [5, 5.41) is 4.78. The highest BCUT2D eigenvalue weighted by Crippen LogP contribution is 2.45. The van der Waals surface area contributed by atoms with Crippen molar-refractivity contribution >= 4 is 66.0 Å². The Morgan fingerprint density at radius 1 is 1.09 bits per heavy atom. The minimum absolute atomic E-state index is 0. The van der Waals surface area contributed by atoms with E-state index in [1.807, 2.05) is 18.2 Å². The van der Waals surface area contributed by atoms with E-state index in [1.54, 1.807) is 34.8 Å². The number of thiophene rings is 1. The van der Waals surface area contributed by atoms with Gasteiger partial charge in [-0.1, -0.05) is 12.1 Å². The SMILES string of the molecule is CN1CCc2c(sc(NC(=O)c3ccc(S(C)(=O)=O)cc3)c2-c2nc3ccccc3s2)C1.Cl. The molecule has 0 radical (unpaired) electrons. The van der Waals surface area contributed by atoms with Crippen molar-refractivity contribution in [3.8, 4) is 10.6 Å². The molecule has 0 saturated carbocycles. The summed E-state index contributed by atoms with van der Waals surface area (Å²) in [5.41, 5.74) is 3.64. The number of hydrogen-bond donors (Lipinski definition) is 1. The van der Waals surface area contributed by atoms with Crippen LogP contribution in [0.15, 0.2) is 53.4 Å². The zero-order chi connectivity index (χ0) is 22.5. The summed E-state index contributed by atoms with van der Waals surface area (Å²) in [6, 6.07) is 14.1. The number of anilines is 1. The second-order valence-electron chi connectivity index (χ2n) is 7.93. The van der Waals surface area contributed by atoms with Gasteiger partial charge in [0.15, 0.2) is 9.84 Å². The molecule has 0 bridgehead atoms. The molecule has 33 heavy (non-hydrogen) atoms. The van der Waals surface area contributed by atoms with Crippen molar-refractivity contribution in [3.63, 3.8) is 0 Å². The quantitative estimate of drug-likeness (QED) is 0.406. The number of benzene rings is 2. The molecule has 2 aromatic carbocycles. The summed E-state index contributed by atoms with van der Waals surface area (Å²) in [5.74, 6) is -0.264. The van der Waals surface area contributed by atoms with Crippen molar-refractivity contribution in [1.82, 2.24) is 9.88 Å². The number of aromatic nitrogens is 1. The maximum atomic E-state index is 13.0. The van der Waals surface area contributed by atoms with Crippen molar-refractivity contribution in [1.29, 1.82) is 0 Å². The average molecular weight is 520 g/mol. The Hall–Kier alpha value is -2.30. The van der Waals surface area contributed by atoms with E-state index in [0.717, 1.165) is 51.6 Å². The molecule has 6 nitrogen and oxygen atoms in total. The molecule has 1 amide bonds. The zero-order valence-electron chi connectivity index (χ0n) is 18.0. The van der Waals surface area contributed by atoms with Crippen LogP contribution in [-0.2, 0) is 22.8 Å². The van der Waals surface area contributed by atoms with Gasteiger partial charge in [0.05, 0.1) is 15.1 Å². The fraction of sp³-hybridized carbons (Fsp3) is 0.217. The van der Waals surface area contributed by atoms with Crippen LogP contribution >= 0.6 is 35.1 Å². The lowest BCUT2D eigenvalue weighted by Gasteiger charge is -2.22. The molecule has 10 heteroatoms. The number of nitrogens with one attached hydrogen (secondary N) is 1. The van der Waals surface area contributed by atoms with Gasteiger partial charge in [-0.2, -0.15) is 0 Å². The van der Waals surface area contributed by atoms with Gasteiger partial charge in [-0.15, -0.1) is 35.1 Å². The van der Waals surface area contributed by atoms with Crippen molar-refractivity contribution in [2.45, 2.75) is 17.9 Å². The molecule has 0 saturated heterocycles. The second kappa shape index (κ2) is 9.15. The monoisotopic (exact) mass is 519 g/mol. The fourth-order valence-corrected chi connectivity index (χ4v) is 6.92. The molecule has 5 rings (SSSR count). The van der Waals surface area contributed by atoms with Gasteiger partial charge in [-0.25, -0.2) is 13.4 Å². The number of thiazole rings is 1. The molecule has 4 aromatic rings. The number of carbonyl (C=O) groups is 1. The third kappa shape index (κ3) is 4.69. The van der Waals surface area contributed by atoms with Crippen LogP contribution in [0.1, 0.15) is 20.8 Å². The Balaban J connectivity index is 0.00000259. The zero-order valence-corrected chi connectivity index (χ0v) is 21.3. The van der Waals surface area contributed by atoms with Gasteiger partial charge in [0.25, 0.3) is 5.91 Å². The van der Waals surface area contributed by atoms with Gasteiger partial charge in [-0.3, -0.25) is 4.79 Å². The molecule has 0 aliphatic carbocycles. The van der Waals surface area contributed by atoms with Gasteiger partial charge in [0.1, 0.15) is 10.0 Å². The molecule has 0 unspecified atom stereocenters. The predicted octanol–water partition coefficient (Wildman–Crippen LogP) is 5.09. The van der Waals surface area contributed by atoms with Crippen LogP contribution in [-0.4, -0.2) is 44.1 Å². The normalized spacial score (nSPS) is 14.0. The van der Waals surface area contributed by atoms with E-state index in [-0.39, 0.29) is 23.2 Å². The van der Waals surface area contributed by atoms with E-state index < -0.39 is 9.84 Å². The number of halogens is 1. The van der Waals surface area contributed by atoms with Crippen molar-refractivity contribution in [2.24, 2.45) is 0 Å². The molecule has 172 valence electrons. The van der Waals surface area contributed by atoms with Crippen molar-refractivity contribution < 1.29 is 13.2 Å². The minimum atomic E-state index is -3.31. The highest BCUT2D eigenvalue weighted by molar-refractivity contribution is 7.90. The lowest BCUT2D eigenvalue weighted by molar-refractivity contribution is 0.102. The molecule has 1 aliphatic rings. The van der Waals surface area contributed by atoms with Gasteiger partial charge in [0.2, 0.25) is 0 Å². The Morgan fingerprint density at radius 3 is 2.52 bits per heavy atom. The number of rotatable bonds is 4. The number of fused-ring (bicyclic) bond motifs is 2. The number of nitrogens with zero attached hydrogens (tertiary/aromatic N) is 2. The number of hydrogen-bond acceptors (Lipinski definition) is 7. The first-order valence-electron chi connectivity index (χ1n) is 10.1. The van der Waals surface area contributed by atoms with Crippen LogP contribution in [0.2, 0.25) is 0 Å². The van der Waals surface area contributed by atoms with Crippen LogP contribution in [0.5, 0.6) is 0 Å². The Morgan fingerprint density at radius 2 is 1.82 bits per heavy atom. The van der Waals surface area contributed by atoms with Gasteiger partial charge in [-0.05, 0) is 55.4 Å². The Labute approximate surface area is 206 Å². The topological polar surface area (TPSA) is 79.4 Å². The standard InChI is InChI=1S/C23H21N3O3S3.ClH/c1-26-12-11-16-19(13-26)31-23(20(16)22-24-17-5-3-4-6-18(17)30-22)25-21(27)14-7-9-15(10-8-14)32(2,28)29;/h3-10H,11-13H2,1-2H3,(H,25,27);1H. The molecule has 1 aliphatic heterocycles. The molecule has 2 aromatic heterocycles. The number of amides is 1. The van der Waals surface area contributed by atoms with Crippen LogP contribution in [0, 0.1) is 0 Å². The molecule has 1 N–H and O–H groups in total. The third-order valence-electron chi connectivity index (χ3n) is 5.53. The molecular weight excluding hydrogens is 498 g/mol. The van der Waals surface area contributed by atoms with Crippen LogP contribution in [0.3, 0.4) is 0 Å². The highest BCUT2D eigenvalue weighted by Gasteiger charge is 2.27. The van der Waals surface area contributed by atoms with Crippen LogP contribution in [0.4, 0.5) is 5.00 Å². The van der Waals surface area contributed by atoms with E-state index in [9.17, 15) is 13.2 Å². The first-order valence-corrected chi connectivity index (χ1v) is 13.6. The Bertz CT molecular complexity index is 1410. The molecule has 0 spiro atoms. The summed E-state index contributed by atoms with van der Waals surface area (Å²) < 4.78 is 24.5. The summed E-state index contributed by atoms with van der Waals surface area (Å²) in [4.78, 5) is 21.6. The largest absolute Gasteiger partial charge is 0.313 e. The smallest absolute Gasteiger partial charge is 0.256 e. The van der Waals surface area contributed by atoms with Gasteiger partial charge >= 0.3 is 0 Å². The maximum Gasteiger partial charge on any atom is 0.256 e.